The summed E-state index contributed by atoms with van der Waals surface area (Å²) in [6, 6.07) is 5.28. The van der Waals surface area contributed by atoms with Crippen LogP contribution in [-0.4, -0.2) is 17.7 Å². The van der Waals surface area contributed by atoms with E-state index in [0.717, 1.165) is 18.4 Å². The van der Waals surface area contributed by atoms with Crippen LogP contribution in [0, 0.1) is 6.92 Å². The molecule has 0 saturated carbocycles. The van der Waals surface area contributed by atoms with Gasteiger partial charge in [-0.05, 0) is 25.5 Å². The van der Waals surface area contributed by atoms with Gasteiger partial charge in [-0.25, -0.2) is 4.79 Å². The van der Waals surface area contributed by atoms with E-state index in [1.807, 2.05) is 13.0 Å². The Kier molecular flexibility index (Phi) is 7.01. The second kappa shape index (κ2) is 8.57. The number of hydrogen-bond donors (Lipinski definition) is 1. The maximum atomic E-state index is 11.1. The Hall–Kier alpha value is -1.51. The van der Waals surface area contributed by atoms with Crippen LogP contribution in [0.15, 0.2) is 18.2 Å². The first-order valence-electron chi connectivity index (χ1n) is 7.12. The zero-order valence-electron chi connectivity index (χ0n) is 11.9. The van der Waals surface area contributed by atoms with E-state index in [1.165, 1.54) is 25.7 Å². The quantitative estimate of drug-likeness (QED) is 0.671. The molecule has 0 unspecified atom stereocenters. The van der Waals surface area contributed by atoms with Gasteiger partial charge in [-0.15, -0.1) is 0 Å². The minimum Gasteiger partial charge on any atom is -0.493 e. The number of benzene rings is 1. The zero-order chi connectivity index (χ0) is 14.1. The molecule has 0 spiro atoms. The molecule has 3 heteroatoms. The predicted molar refractivity (Wildman–Crippen MR) is 77.0 cm³/mol. The molecule has 0 bridgehead atoms. The molecule has 0 saturated heterocycles. The second-order valence-electron chi connectivity index (χ2n) is 4.92. The highest BCUT2D eigenvalue weighted by molar-refractivity contribution is 5.91. The Bertz CT molecular complexity index is 399. The molecule has 0 aromatic heterocycles. The van der Waals surface area contributed by atoms with Crippen LogP contribution in [0.4, 0.5) is 0 Å². The molecule has 106 valence electrons. The van der Waals surface area contributed by atoms with Gasteiger partial charge in [-0.3, -0.25) is 0 Å². The number of aryl methyl sites for hydroxylation is 1. The topological polar surface area (TPSA) is 46.5 Å². The molecule has 19 heavy (non-hydrogen) atoms. The van der Waals surface area contributed by atoms with Gasteiger partial charge in [0.05, 0.1) is 6.61 Å². The van der Waals surface area contributed by atoms with Crippen LogP contribution in [0.1, 0.15) is 61.4 Å². The van der Waals surface area contributed by atoms with Crippen LogP contribution in [0.2, 0.25) is 0 Å². The molecule has 1 rings (SSSR count). The van der Waals surface area contributed by atoms with E-state index in [-0.39, 0.29) is 5.56 Å². The van der Waals surface area contributed by atoms with Crippen LogP contribution in [0.25, 0.3) is 0 Å². The monoisotopic (exact) mass is 264 g/mol. The van der Waals surface area contributed by atoms with Crippen molar-refractivity contribution in [2.24, 2.45) is 0 Å². The highest BCUT2D eigenvalue weighted by atomic mass is 16.5. The molecule has 0 aliphatic heterocycles. The van der Waals surface area contributed by atoms with Crippen LogP contribution in [0.5, 0.6) is 5.75 Å². The summed E-state index contributed by atoms with van der Waals surface area (Å²) in [5, 5.41) is 9.11. The summed E-state index contributed by atoms with van der Waals surface area (Å²) in [6.07, 6.45) is 7.19. The van der Waals surface area contributed by atoms with Gasteiger partial charge in [0.15, 0.2) is 0 Å². The number of carboxylic acids is 1. The number of hydrogen-bond acceptors (Lipinski definition) is 2. The van der Waals surface area contributed by atoms with Crippen molar-refractivity contribution >= 4 is 5.97 Å². The largest absolute Gasteiger partial charge is 0.493 e. The number of ether oxygens (including phenoxy) is 1. The molecule has 0 amide bonds. The van der Waals surface area contributed by atoms with Gasteiger partial charge in [0, 0.05) is 0 Å². The maximum absolute atomic E-state index is 11.1. The highest BCUT2D eigenvalue weighted by Crippen LogP contribution is 2.20. The summed E-state index contributed by atoms with van der Waals surface area (Å²) in [6.45, 7) is 4.67. The molecule has 0 aliphatic carbocycles. The van der Waals surface area contributed by atoms with Crippen molar-refractivity contribution in [2.75, 3.05) is 6.61 Å². The van der Waals surface area contributed by atoms with Crippen molar-refractivity contribution in [1.29, 1.82) is 0 Å². The van der Waals surface area contributed by atoms with Gasteiger partial charge in [0.25, 0.3) is 0 Å². The normalized spacial score (nSPS) is 10.4. The average Bonchev–Trinajstić information content (AvgIpc) is 2.39. The van der Waals surface area contributed by atoms with Crippen LogP contribution in [-0.2, 0) is 0 Å². The third-order valence-electron chi connectivity index (χ3n) is 3.12. The molecular formula is C16H24O3. The number of aromatic carboxylic acids is 1. The molecule has 0 heterocycles. The van der Waals surface area contributed by atoms with Gasteiger partial charge in [0.1, 0.15) is 11.3 Å². The zero-order valence-corrected chi connectivity index (χ0v) is 11.9. The van der Waals surface area contributed by atoms with Gasteiger partial charge < -0.3 is 9.84 Å². The molecule has 0 aliphatic rings. The molecule has 0 atom stereocenters. The van der Waals surface area contributed by atoms with Crippen molar-refractivity contribution in [1.82, 2.24) is 0 Å². The Morgan fingerprint density at radius 3 is 2.53 bits per heavy atom. The Balaban J connectivity index is 2.35. The first-order valence-corrected chi connectivity index (χ1v) is 7.12. The fraction of sp³-hybridized carbons (Fsp3) is 0.562. The van der Waals surface area contributed by atoms with Crippen molar-refractivity contribution in [2.45, 2.75) is 52.4 Å². The van der Waals surface area contributed by atoms with Crippen LogP contribution >= 0.6 is 0 Å². The van der Waals surface area contributed by atoms with Crippen molar-refractivity contribution in [3.8, 4) is 5.75 Å². The molecule has 1 N–H and O–H groups in total. The number of rotatable bonds is 9. The van der Waals surface area contributed by atoms with Crippen LogP contribution < -0.4 is 4.74 Å². The minimum absolute atomic E-state index is 0.256. The minimum atomic E-state index is -0.929. The summed E-state index contributed by atoms with van der Waals surface area (Å²) in [4.78, 5) is 11.1. The summed E-state index contributed by atoms with van der Waals surface area (Å²) >= 11 is 0. The molecular weight excluding hydrogens is 240 g/mol. The standard InChI is InChI=1S/C16H24O3/c1-3-4-5-6-7-8-11-19-15-10-9-13(2)12-14(15)16(17)18/h9-10,12H,3-8,11H2,1-2H3,(H,17,18). The number of unbranched alkanes of at least 4 members (excludes halogenated alkanes) is 5. The third kappa shape index (κ3) is 5.77. The van der Waals surface area contributed by atoms with Crippen molar-refractivity contribution in [3.63, 3.8) is 0 Å². The fourth-order valence-corrected chi connectivity index (χ4v) is 2.00. The highest BCUT2D eigenvalue weighted by Gasteiger charge is 2.10. The van der Waals surface area contributed by atoms with E-state index in [0.29, 0.717) is 12.4 Å². The Labute approximate surface area is 115 Å². The Morgan fingerprint density at radius 2 is 1.84 bits per heavy atom. The van der Waals surface area contributed by atoms with E-state index in [9.17, 15) is 4.79 Å². The first-order chi connectivity index (χ1) is 9.15. The van der Waals surface area contributed by atoms with E-state index < -0.39 is 5.97 Å². The van der Waals surface area contributed by atoms with Gasteiger partial charge >= 0.3 is 5.97 Å². The van der Waals surface area contributed by atoms with Gasteiger partial charge in [0.2, 0.25) is 0 Å². The lowest BCUT2D eigenvalue weighted by Crippen LogP contribution is -2.05. The third-order valence-corrected chi connectivity index (χ3v) is 3.12. The van der Waals surface area contributed by atoms with E-state index in [1.54, 1.807) is 12.1 Å². The lowest BCUT2D eigenvalue weighted by Gasteiger charge is -2.09. The van der Waals surface area contributed by atoms with Gasteiger partial charge in [-0.1, -0.05) is 50.7 Å². The molecule has 0 fully saturated rings. The van der Waals surface area contributed by atoms with E-state index in [2.05, 4.69) is 6.92 Å². The van der Waals surface area contributed by atoms with Gasteiger partial charge in [-0.2, -0.15) is 0 Å². The smallest absolute Gasteiger partial charge is 0.339 e. The van der Waals surface area contributed by atoms with E-state index >= 15 is 0 Å². The first kappa shape index (κ1) is 15.5. The lowest BCUT2D eigenvalue weighted by atomic mass is 10.1. The van der Waals surface area contributed by atoms with Crippen molar-refractivity contribution < 1.29 is 14.6 Å². The molecule has 3 nitrogen and oxygen atoms in total. The van der Waals surface area contributed by atoms with Crippen LogP contribution in [0.3, 0.4) is 0 Å². The molecule has 1 aromatic rings. The molecule has 0 radical (unpaired) electrons. The summed E-state index contributed by atoms with van der Waals surface area (Å²) in [5.41, 5.74) is 1.19. The summed E-state index contributed by atoms with van der Waals surface area (Å²) in [7, 11) is 0. The van der Waals surface area contributed by atoms with E-state index in [4.69, 9.17) is 9.84 Å². The average molecular weight is 264 g/mol. The molecule has 1 aromatic carbocycles. The Morgan fingerprint density at radius 1 is 1.16 bits per heavy atom. The number of carboxylic acid groups (broad SMARTS) is 1. The lowest BCUT2D eigenvalue weighted by molar-refractivity contribution is 0.0692. The summed E-state index contributed by atoms with van der Waals surface area (Å²) < 4.78 is 5.58. The second-order valence-corrected chi connectivity index (χ2v) is 4.92. The fourth-order valence-electron chi connectivity index (χ4n) is 2.00. The summed E-state index contributed by atoms with van der Waals surface area (Å²) in [5.74, 6) is -0.451. The maximum Gasteiger partial charge on any atom is 0.339 e. The SMILES string of the molecule is CCCCCCCCOc1ccc(C)cc1C(=O)O. The predicted octanol–water partition coefficient (Wildman–Crippen LogP) is 4.43. The van der Waals surface area contributed by atoms with Crippen molar-refractivity contribution in [3.05, 3.63) is 29.3 Å². The number of carbonyl (C=O) groups is 1.